The van der Waals surface area contributed by atoms with Gasteiger partial charge in [0.15, 0.2) is 0 Å². The molecule has 116 valence electrons. The number of tetrazole rings is 1. The number of hydrogen-bond donors (Lipinski definition) is 4. The lowest BCUT2D eigenvalue weighted by molar-refractivity contribution is 0.0601. The van der Waals surface area contributed by atoms with Crippen LogP contribution < -0.4 is 10.8 Å². The zero-order valence-corrected chi connectivity index (χ0v) is 11.9. The summed E-state index contributed by atoms with van der Waals surface area (Å²) in [7, 11) is -0.540. The molecule has 2 aromatic rings. The number of aromatic amines is 1. The molecular formula is C12H11BN6O4. The highest BCUT2D eigenvalue weighted by atomic mass is 16.5. The number of aromatic nitrogens is 4. The van der Waals surface area contributed by atoms with E-state index < -0.39 is 13.1 Å². The van der Waals surface area contributed by atoms with E-state index in [-0.39, 0.29) is 28.1 Å². The molecular weight excluding hydrogens is 303 g/mol. The summed E-state index contributed by atoms with van der Waals surface area (Å²) in [6.07, 6.45) is 1.26. The number of methoxy groups -OCH3 is 1. The molecule has 0 atom stereocenters. The summed E-state index contributed by atoms with van der Waals surface area (Å²) in [5, 5.41) is 43.4. The fourth-order valence-electron chi connectivity index (χ4n) is 1.72. The van der Waals surface area contributed by atoms with E-state index >= 15 is 0 Å². The van der Waals surface area contributed by atoms with Crippen molar-refractivity contribution in [1.82, 2.24) is 20.6 Å². The van der Waals surface area contributed by atoms with Crippen LogP contribution in [0.15, 0.2) is 24.4 Å². The highest BCUT2D eigenvalue weighted by Gasteiger charge is 2.18. The van der Waals surface area contributed by atoms with Gasteiger partial charge >= 0.3 is 13.1 Å². The Balaban J connectivity index is 2.37. The quantitative estimate of drug-likeness (QED) is 0.297. The van der Waals surface area contributed by atoms with E-state index in [0.29, 0.717) is 0 Å². The molecule has 23 heavy (non-hydrogen) atoms. The van der Waals surface area contributed by atoms with Crippen LogP contribution in [0.2, 0.25) is 0 Å². The van der Waals surface area contributed by atoms with Gasteiger partial charge in [-0.05, 0) is 17.3 Å². The first-order valence-electron chi connectivity index (χ1n) is 6.25. The highest BCUT2D eigenvalue weighted by molar-refractivity contribution is 6.60. The zero-order chi connectivity index (χ0) is 16.8. The summed E-state index contributed by atoms with van der Waals surface area (Å²) in [4.78, 5) is 11.6. The Morgan fingerprint density at radius 3 is 2.87 bits per heavy atom. The lowest BCUT2D eigenvalue weighted by Gasteiger charge is -2.10. The number of anilines is 1. The fraction of sp³-hybridized carbons (Fsp3) is 0.0833. The fourth-order valence-corrected chi connectivity index (χ4v) is 1.72. The Morgan fingerprint density at radius 1 is 1.52 bits per heavy atom. The first-order valence-corrected chi connectivity index (χ1v) is 6.25. The van der Waals surface area contributed by atoms with Gasteiger partial charge in [0.2, 0.25) is 5.82 Å². The minimum absolute atomic E-state index is 0.0561. The van der Waals surface area contributed by atoms with Gasteiger partial charge in [0.25, 0.3) is 0 Å². The van der Waals surface area contributed by atoms with E-state index in [1.807, 2.05) is 6.07 Å². The predicted molar refractivity (Wildman–Crippen MR) is 79.0 cm³/mol. The zero-order valence-electron chi connectivity index (χ0n) is 11.9. The second-order valence-electron chi connectivity index (χ2n) is 4.22. The number of nitrogens with zero attached hydrogens (tertiary/aromatic N) is 4. The van der Waals surface area contributed by atoms with Crippen LogP contribution >= 0.6 is 0 Å². The van der Waals surface area contributed by atoms with Crippen LogP contribution in [0.3, 0.4) is 0 Å². The number of H-pyrrole nitrogens is 1. The largest absolute Gasteiger partial charge is 0.490 e. The van der Waals surface area contributed by atoms with Crippen molar-refractivity contribution < 1.29 is 19.6 Å². The number of carbonyl (C=O) groups is 1. The molecule has 4 N–H and O–H groups in total. The molecule has 0 saturated carbocycles. The number of ether oxygens (including phenoxy) is 1. The number of rotatable bonds is 5. The number of carbonyl (C=O) groups excluding carboxylic acids is 1. The SMILES string of the molecule is COC(=O)c1ccc(B(O)O)c(NC=C(C#N)c2nn[nH]n2)c1. The van der Waals surface area contributed by atoms with E-state index in [1.165, 1.54) is 31.5 Å². The summed E-state index contributed by atoms with van der Waals surface area (Å²) >= 11 is 0. The van der Waals surface area contributed by atoms with Crippen molar-refractivity contribution in [2.24, 2.45) is 0 Å². The topological polar surface area (TPSA) is 157 Å². The predicted octanol–water partition coefficient (Wildman–Crippen LogP) is -1.36. The lowest BCUT2D eigenvalue weighted by atomic mass is 9.78. The summed E-state index contributed by atoms with van der Waals surface area (Å²) < 4.78 is 4.61. The molecule has 0 fully saturated rings. The Bertz CT molecular complexity index is 768. The van der Waals surface area contributed by atoms with E-state index in [4.69, 9.17) is 5.26 Å². The molecule has 1 aromatic heterocycles. The molecule has 0 aliphatic carbocycles. The molecule has 0 saturated heterocycles. The molecule has 0 spiro atoms. The van der Waals surface area contributed by atoms with Crippen LogP contribution in [0.1, 0.15) is 16.2 Å². The molecule has 0 bridgehead atoms. The molecule has 2 rings (SSSR count). The maximum Gasteiger partial charge on any atom is 0.490 e. The van der Waals surface area contributed by atoms with Crippen LogP contribution in [0, 0.1) is 11.3 Å². The van der Waals surface area contributed by atoms with E-state index in [1.54, 1.807) is 0 Å². The maximum absolute atomic E-state index is 11.6. The number of benzene rings is 1. The van der Waals surface area contributed by atoms with Gasteiger partial charge in [-0.15, -0.1) is 10.2 Å². The first kappa shape index (κ1) is 16.2. The number of nitrogens with one attached hydrogen (secondary N) is 2. The van der Waals surface area contributed by atoms with Crippen LogP contribution in [0.5, 0.6) is 0 Å². The molecule has 0 radical (unpaired) electrons. The van der Waals surface area contributed by atoms with Crippen LogP contribution in [0.25, 0.3) is 5.57 Å². The Kier molecular flexibility index (Phi) is 5.03. The van der Waals surface area contributed by atoms with Gasteiger partial charge in [0, 0.05) is 17.4 Å². The van der Waals surface area contributed by atoms with Gasteiger partial charge in [0.05, 0.1) is 12.7 Å². The van der Waals surface area contributed by atoms with Crippen molar-refractivity contribution >= 4 is 29.8 Å². The Labute approximate surface area is 130 Å². The van der Waals surface area contributed by atoms with Crippen molar-refractivity contribution in [3.8, 4) is 6.07 Å². The van der Waals surface area contributed by atoms with Crippen molar-refractivity contribution in [2.75, 3.05) is 12.4 Å². The molecule has 0 aliphatic heterocycles. The lowest BCUT2D eigenvalue weighted by Crippen LogP contribution is -2.32. The highest BCUT2D eigenvalue weighted by Crippen LogP contribution is 2.13. The molecule has 1 aromatic carbocycles. The third-order valence-electron chi connectivity index (χ3n) is 2.83. The minimum Gasteiger partial charge on any atom is -0.465 e. The Morgan fingerprint density at radius 2 is 2.30 bits per heavy atom. The number of allylic oxidation sites excluding steroid dienone is 1. The van der Waals surface area contributed by atoms with Gasteiger partial charge < -0.3 is 20.1 Å². The molecule has 0 unspecified atom stereocenters. The van der Waals surface area contributed by atoms with Crippen LogP contribution in [-0.2, 0) is 4.74 Å². The third-order valence-corrected chi connectivity index (χ3v) is 2.83. The number of nitriles is 1. The van der Waals surface area contributed by atoms with Gasteiger partial charge in [-0.2, -0.15) is 10.5 Å². The molecule has 0 aliphatic rings. The monoisotopic (exact) mass is 314 g/mol. The smallest absolute Gasteiger partial charge is 0.465 e. The third kappa shape index (κ3) is 3.70. The van der Waals surface area contributed by atoms with Crippen LogP contribution in [0.4, 0.5) is 5.69 Å². The minimum atomic E-state index is -1.77. The van der Waals surface area contributed by atoms with Crippen molar-refractivity contribution in [3.63, 3.8) is 0 Å². The second kappa shape index (κ2) is 7.16. The normalized spacial score (nSPS) is 10.8. The molecule has 0 amide bonds. The average Bonchev–Trinajstić information content (AvgIpc) is 3.08. The van der Waals surface area contributed by atoms with Gasteiger partial charge in [0.1, 0.15) is 11.6 Å². The van der Waals surface area contributed by atoms with E-state index in [2.05, 4.69) is 30.7 Å². The van der Waals surface area contributed by atoms with Gasteiger partial charge in [-0.25, -0.2) is 4.79 Å². The van der Waals surface area contributed by atoms with E-state index in [0.717, 1.165) is 0 Å². The number of hydrogen-bond acceptors (Lipinski definition) is 9. The molecule has 10 nitrogen and oxygen atoms in total. The van der Waals surface area contributed by atoms with Crippen molar-refractivity contribution in [2.45, 2.75) is 0 Å². The summed E-state index contributed by atoms with van der Waals surface area (Å²) in [6.45, 7) is 0. The summed E-state index contributed by atoms with van der Waals surface area (Å²) in [5.74, 6) is -0.523. The molecule has 1 heterocycles. The first-order chi connectivity index (χ1) is 11.1. The standard InChI is InChI=1S/C12H11BN6O4/c1-23-12(20)7-2-3-9(13(21)22)10(4-7)15-6-8(5-14)11-16-18-19-17-11/h2-4,6,15,21-22H,1H3,(H,16,17,18,19). The molecule has 11 heteroatoms. The summed E-state index contributed by atoms with van der Waals surface area (Å²) in [5.41, 5.74) is 0.574. The van der Waals surface area contributed by atoms with Gasteiger partial charge in [-0.1, -0.05) is 6.07 Å². The van der Waals surface area contributed by atoms with Crippen molar-refractivity contribution in [1.29, 1.82) is 5.26 Å². The second-order valence-corrected chi connectivity index (χ2v) is 4.22. The number of esters is 1. The Hall–Kier alpha value is -3.23. The van der Waals surface area contributed by atoms with Gasteiger partial charge in [-0.3, -0.25) is 0 Å². The van der Waals surface area contributed by atoms with Crippen LogP contribution in [-0.4, -0.2) is 50.9 Å². The summed E-state index contributed by atoms with van der Waals surface area (Å²) in [6, 6.07) is 5.98. The average molecular weight is 314 g/mol. The van der Waals surface area contributed by atoms with Crippen molar-refractivity contribution in [3.05, 3.63) is 35.8 Å². The van der Waals surface area contributed by atoms with E-state index in [9.17, 15) is 14.8 Å². The maximum atomic E-state index is 11.6.